The maximum atomic E-state index is 9.80. The molecule has 2 aliphatic rings. The Bertz CT molecular complexity index is 921. The summed E-state index contributed by atoms with van der Waals surface area (Å²) in [4.78, 5) is 0. The van der Waals surface area contributed by atoms with E-state index in [-0.39, 0.29) is 18.7 Å². The summed E-state index contributed by atoms with van der Waals surface area (Å²) in [6.45, 7) is -1.21. The van der Waals surface area contributed by atoms with E-state index in [2.05, 4.69) is 0 Å². The predicted octanol–water partition coefficient (Wildman–Crippen LogP) is -4.11. The first-order valence-electron chi connectivity index (χ1n) is 12.5. The summed E-state index contributed by atoms with van der Waals surface area (Å²) >= 11 is 0. The average Bonchev–Trinajstić information content (AvgIpc) is 2.98. The van der Waals surface area contributed by atoms with Crippen molar-refractivity contribution in [1.82, 2.24) is 0 Å². The lowest BCUT2D eigenvalue weighted by atomic mass is 9.99. The van der Waals surface area contributed by atoms with Gasteiger partial charge in [-0.2, -0.15) is 0 Å². The van der Waals surface area contributed by atoms with Crippen LogP contribution in [0, 0.1) is 0 Å². The van der Waals surface area contributed by atoms with Crippen molar-refractivity contribution in [1.29, 1.82) is 0 Å². The highest BCUT2D eigenvalue weighted by Gasteiger charge is 2.45. The van der Waals surface area contributed by atoms with Crippen molar-refractivity contribution >= 4 is 0 Å². The fourth-order valence-electron chi connectivity index (χ4n) is 3.94. The predicted molar refractivity (Wildman–Crippen MR) is 137 cm³/mol. The maximum Gasteiger partial charge on any atom is 0.229 e. The summed E-state index contributed by atoms with van der Waals surface area (Å²) in [5.41, 5.74) is 1.40. The molecule has 232 valence electrons. The number of ether oxygens (including phenoxy) is 4. The molecule has 0 aromatic heterocycles. The fraction of sp³-hybridized carbons (Fsp3) is 0.538. The Balaban J connectivity index is 0.000000280. The largest absolute Gasteiger partial charge is 0.462 e. The van der Waals surface area contributed by atoms with E-state index in [1.807, 2.05) is 0 Å². The Morgan fingerprint density at radius 3 is 1.07 bits per heavy atom. The van der Waals surface area contributed by atoms with E-state index in [1.165, 1.54) is 0 Å². The van der Waals surface area contributed by atoms with Gasteiger partial charge in [-0.1, -0.05) is 24.3 Å². The molecule has 0 spiro atoms. The SMILES string of the molecule is O.OCc1ccc(O[C@@H]2O[C@H](CO)[C@@H](O)[C@H](O)[C@H]2O)cc1.OCc1ccc(O[C@@H]2O[C@H](CO)[C@@H](O)[C@H](O)[C@H]2O)cc1. The molecule has 2 heterocycles. The quantitative estimate of drug-likeness (QED) is 0.140. The molecule has 15 heteroatoms. The molecule has 0 saturated carbocycles. The minimum Gasteiger partial charge on any atom is -0.462 e. The van der Waals surface area contributed by atoms with Gasteiger partial charge in [-0.15, -0.1) is 0 Å². The molecule has 0 aliphatic carbocycles. The molecule has 0 bridgehead atoms. The molecule has 2 aromatic rings. The van der Waals surface area contributed by atoms with E-state index in [0.29, 0.717) is 22.6 Å². The van der Waals surface area contributed by atoms with Crippen LogP contribution < -0.4 is 9.47 Å². The standard InChI is InChI=1S/2C13H18O7.H2O/c2*14-5-7-1-3-8(4-2-7)19-13-12(18)11(17)10(16)9(6-15)20-13;/h2*1-4,9-18H,5-6H2;1H2/t2*9-,10-,11+,12-,13-;/m11./s1. The second kappa shape index (κ2) is 16.2. The Morgan fingerprint density at radius 2 is 0.805 bits per heavy atom. The van der Waals surface area contributed by atoms with Crippen LogP contribution in [0.5, 0.6) is 11.5 Å². The van der Waals surface area contributed by atoms with Crippen molar-refractivity contribution in [2.75, 3.05) is 13.2 Å². The van der Waals surface area contributed by atoms with Crippen LogP contribution in [0.25, 0.3) is 0 Å². The maximum absolute atomic E-state index is 9.80. The molecule has 0 amide bonds. The third-order valence-corrected chi connectivity index (χ3v) is 6.41. The smallest absolute Gasteiger partial charge is 0.229 e. The first-order valence-corrected chi connectivity index (χ1v) is 12.5. The topological polar surface area (TPSA) is 271 Å². The Morgan fingerprint density at radius 1 is 0.488 bits per heavy atom. The normalized spacial score (nSPS) is 33.1. The fourth-order valence-corrected chi connectivity index (χ4v) is 3.94. The van der Waals surface area contributed by atoms with Crippen LogP contribution in [0.4, 0.5) is 0 Å². The summed E-state index contributed by atoms with van der Waals surface area (Å²) in [5, 5.41) is 94.1. The van der Waals surface area contributed by atoms with E-state index >= 15 is 0 Å². The molecule has 41 heavy (non-hydrogen) atoms. The molecular formula is C26H38O15. The second-order valence-corrected chi connectivity index (χ2v) is 9.23. The van der Waals surface area contributed by atoms with E-state index in [4.69, 9.17) is 39.4 Å². The lowest BCUT2D eigenvalue weighted by Crippen LogP contribution is -2.60. The van der Waals surface area contributed by atoms with Gasteiger partial charge in [0.05, 0.1) is 26.4 Å². The molecule has 15 nitrogen and oxygen atoms in total. The number of hydrogen-bond acceptors (Lipinski definition) is 14. The van der Waals surface area contributed by atoms with Crippen molar-refractivity contribution in [3.05, 3.63) is 59.7 Å². The van der Waals surface area contributed by atoms with Crippen molar-refractivity contribution < 1.29 is 75.5 Å². The highest BCUT2D eigenvalue weighted by Crippen LogP contribution is 2.26. The summed E-state index contributed by atoms with van der Waals surface area (Å²) in [5.74, 6) is 0.734. The van der Waals surface area contributed by atoms with Crippen molar-refractivity contribution in [3.63, 3.8) is 0 Å². The number of hydrogen-bond donors (Lipinski definition) is 10. The van der Waals surface area contributed by atoms with E-state index in [9.17, 15) is 30.6 Å². The number of rotatable bonds is 8. The van der Waals surface area contributed by atoms with Crippen LogP contribution >= 0.6 is 0 Å². The average molecular weight is 591 g/mol. The molecule has 2 fully saturated rings. The zero-order valence-corrected chi connectivity index (χ0v) is 21.8. The van der Waals surface area contributed by atoms with E-state index in [0.717, 1.165) is 0 Å². The van der Waals surface area contributed by atoms with Crippen LogP contribution in [0.1, 0.15) is 11.1 Å². The monoisotopic (exact) mass is 590 g/mol. The molecule has 10 atom stereocenters. The van der Waals surface area contributed by atoms with Crippen molar-refractivity contribution in [2.45, 2.75) is 74.6 Å². The van der Waals surface area contributed by atoms with Crippen molar-refractivity contribution in [3.8, 4) is 11.5 Å². The molecule has 0 unspecified atom stereocenters. The van der Waals surface area contributed by atoms with Gasteiger partial charge in [-0.25, -0.2) is 0 Å². The third-order valence-electron chi connectivity index (χ3n) is 6.41. The van der Waals surface area contributed by atoms with Crippen molar-refractivity contribution in [2.24, 2.45) is 0 Å². The molecule has 4 rings (SSSR count). The second-order valence-electron chi connectivity index (χ2n) is 9.23. The van der Waals surface area contributed by atoms with Gasteiger partial charge in [0, 0.05) is 0 Å². The van der Waals surface area contributed by atoms with Gasteiger partial charge in [0.2, 0.25) is 12.6 Å². The Labute approximate surface area is 234 Å². The van der Waals surface area contributed by atoms with Gasteiger partial charge >= 0.3 is 0 Å². The molecule has 0 radical (unpaired) electrons. The van der Waals surface area contributed by atoms with Crippen LogP contribution in [-0.4, -0.2) is 131 Å². The van der Waals surface area contributed by atoms with Gasteiger partial charge < -0.3 is 75.5 Å². The van der Waals surface area contributed by atoms with Crippen LogP contribution in [0.15, 0.2) is 48.5 Å². The molecular weight excluding hydrogens is 552 g/mol. The summed E-state index contributed by atoms with van der Waals surface area (Å²) in [6, 6.07) is 12.9. The number of benzene rings is 2. The summed E-state index contributed by atoms with van der Waals surface area (Å²) in [6.07, 6.45) is -13.1. The van der Waals surface area contributed by atoms with E-state index < -0.39 is 74.6 Å². The Kier molecular flexibility index (Phi) is 13.7. The zero-order chi connectivity index (χ0) is 29.4. The zero-order valence-electron chi connectivity index (χ0n) is 21.8. The number of aliphatic hydroxyl groups is 10. The summed E-state index contributed by atoms with van der Waals surface area (Å²) in [7, 11) is 0. The van der Waals surface area contributed by atoms with E-state index in [1.54, 1.807) is 48.5 Å². The molecule has 2 aromatic carbocycles. The first kappa shape index (κ1) is 34.7. The van der Waals surface area contributed by atoms with Gasteiger partial charge in [-0.05, 0) is 35.4 Å². The minimum atomic E-state index is -1.47. The third kappa shape index (κ3) is 8.76. The van der Waals surface area contributed by atoms with Crippen LogP contribution in [0.2, 0.25) is 0 Å². The first-order chi connectivity index (χ1) is 19.1. The van der Waals surface area contributed by atoms with Gasteiger partial charge in [0.1, 0.15) is 60.3 Å². The van der Waals surface area contributed by atoms with Crippen LogP contribution in [0.3, 0.4) is 0 Å². The molecule has 12 N–H and O–H groups in total. The van der Waals surface area contributed by atoms with Gasteiger partial charge in [0.25, 0.3) is 0 Å². The minimum absolute atomic E-state index is 0. The Hall–Kier alpha value is -2.48. The highest BCUT2D eigenvalue weighted by atomic mass is 16.7. The summed E-state index contributed by atoms with van der Waals surface area (Å²) < 4.78 is 21.2. The number of aliphatic hydroxyl groups excluding tert-OH is 10. The molecule has 2 aliphatic heterocycles. The molecule has 2 saturated heterocycles. The van der Waals surface area contributed by atoms with Gasteiger partial charge in [-0.3, -0.25) is 0 Å². The lowest BCUT2D eigenvalue weighted by Gasteiger charge is -2.39. The van der Waals surface area contributed by atoms with Gasteiger partial charge in [0.15, 0.2) is 0 Å². The van der Waals surface area contributed by atoms with Crippen LogP contribution in [-0.2, 0) is 22.7 Å². The highest BCUT2D eigenvalue weighted by molar-refractivity contribution is 5.28. The lowest BCUT2D eigenvalue weighted by molar-refractivity contribution is -0.277.